The van der Waals surface area contributed by atoms with E-state index in [4.69, 9.17) is 18.5 Å². The Kier molecular flexibility index (Phi) is 25.8. The van der Waals surface area contributed by atoms with Gasteiger partial charge in [0.05, 0.1) is 41.5 Å². The van der Waals surface area contributed by atoms with Gasteiger partial charge < -0.3 is 23.6 Å². The average molecular weight is 597 g/mol. The molecule has 240 valence electrons. The predicted octanol–water partition coefficient (Wildman–Crippen LogP) is 7.05. The highest BCUT2D eigenvalue weighted by atomic mass is 31.2. The number of ether oxygens (including phenoxy) is 3. The minimum Gasteiger partial charge on any atom is -0.469 e. The van der Waals surface area contributed by atoms with E-state index >= 15 is 0 Å². The van der Waals surface area contributed by atoms with Gasteiger partial charge in [0, 0.05) is 19.6 Å². The van der Waals surface area contributed by atoms with E-state index in [2.05, 4.69) is 11.7 Å². The molecule has 40 heavy (non-hydrogen) atoms. The fourth-order valence-corrected chi connectivity index (χ4v) is 4.87. The van der Waals surface area contributed by atoms with Crippen LogP contribution in [0, 0.1) is 0 Å². The minimum absolute atomic E-state index is 0.103. The van der Waals surface area contributed by atoms with E-state index in [9.17, 15) is 14.3 Å². The number of carbonyl (C=O) groups excluding carboxylic acids is 1. The van der Waals surface area contributed by atoms with Crippen LogP contribution in [0.5, 0.6) is 0 Å². The second-order valence-electron chi connectivity index (χ2n) is 11.8. The van der Waals surface area contributed by atoms with Gasteiger partial charge in [-0.15, -0.1) is 0 Å². The van der Waals surface area contributed by atoms with Crippen molar-refractivity contribution >= 4 is 13.8 Å². The molecule has 2 atom stereocenters. The largest absolute Gasteiger partial charge is 0.472 e. The lowest BCUT2D eigenvalue weighted by Crippen LogP contribution is -2.37. The van der Waals surface area contributed by atoms with Gasteiger partial charge in [0.1, 0.15) is 19.3 Å². The third kappa shape index (κ3) is 29.0. The lowest BCUT2D eigenvalue weighted by Gasteiger charge is -2.24. The molecule has 2 unspecified atom stereocenters. The SMILES string of the molecule is CCCCCCCCCCCCCCCCOCC(COP(=O)(O)OCC[N+](C)(C)C)OCCCCC(=O)OC. The van der Waals surface area contributed by atoms with Crippen LogP contribution in [0.2, 0.25) is 0 Å². The number of phosphoric ester groups is 1. The normalized spacial score (nSPS) is 14.2. The first-order valence-electron chi connectivity index (χ1n) is 15.8. The molecule has 9 nitrogen and oxygen atoms in total. The highest BCUT2D eigenvalue weighted by Gasteiger charge is 2.25. The van der Waals surface area contributed by atoms with Crippen LogP contribution in [0.1, 0.15) is 116 Å². The number of hydrogen-bond donors (Lipinski definition) is 1. The molecule has 0 aromatic carbocycles. The van der Waals surface area contributed by atoms with Gasteiger partial charge in [-0.05, 0) is 19.3 Å². The third-order valence-corrected chi connectivity index (χ3v) is 7.73. The van der Waals surface area contributed by atoms with Gasteiger partial charge in [0.25, 0.3) is 0 Å². The molecule has 0 spiro atoms. The Labute approximate surface area is 245 Å². The Balaban J connectivity index is 4.07. The molecule has 0 aliphatic rings. The van der Waals surface area contributed by atoms with Gasteiger partial charge in [0.15, 0.2) is 0 Å². The number of methoxy groups -OCH3 is 1. The zero-order valence-corrected chi connectivity index (χ0v) is 27.4. The molecule has 0 fully saturated rings. The summed E-state index contributed by atoms with van der Waals surface area (Å²) in [6.07, 6.45) is 19.5. The number of nitrogens with zero attached hydrogens (tertiary/aromatic N) is 1. The van der Waals surface area contributed by atoms with Crippen molar-refractivity contribution in [3.8, 4) is 0 Å². The van der Waals surface area contributed by atoms with Crippen molar-refractivity contribution in [1.82, 2.24) is 0 Å². The molecule has 10 heteroatoms. The van der Waals surface area contributed by atoms with Crippen LogP contribution in [0.25, 0.3) is 0 Å². The molecule has 0 rings (SSSR count). The number of hydrogen-bond acceptors (Lipinski definition) is 7. The molecule has 0 aromatic rings. The number of rotatable bonds is 30. The summed E-state index contributed by atoms with van der Waals surface area (Å²) in [4.78, 5) is 21.3. The summed E-state index contributed by atoms with van der Waals surface area (Å²) >= 11 is 0. The van der Waals surface area contributed by atoms with Crippen LogP contribution >= 0.6 is 7.82 Å². The molecule has 0 aromatic heterocycles. The molecule has 0 saturated heterocycles. The molecule has 0 saturated carbocycles. The summed E-state index contributed by atoms with van der Waals surface area (Å²) in [5, 5.41) is 0. The Bertz CT molecular complexity index is 629. The maximum atomic E-state index is 12.3. The third-order valence-electron chi connectivity index (χ3n) is 6.74. The number of quaternary nitrogens is 1. The van der Waals surface area contributed by atoms with Crippen molar-refractivity contribution in [3.63, 3.8) is 0 Å². The highest BCUT2D eigenvalue weighted by Crippen LogP contribution is 2.43. The fourth-order valence-electron chi connectivity index (χ4n) is 4.13. The zero-order chi connectivity index (χ0) is 30.0. The lowest BCUT2D eigenvalue weighted by molar-refractivity contribution is -0.870. The molecule has 0 aliphatic heterocycles. The van der Waals surface area contributed by atoms with Crippen molar-refractivity contribution in [2.45, 2.75) is 122 Å². The van der Waals surface area contributed by atoms with E-state index in [0.29, 0.717) is 43.5 Å². The van der Waals surface area contributed by atoms with Gasteiger partial charge in [-0.25, -0.2) is 4.57 Å². The first kappa shape index (κ1) is 39.5. The van der Waals surface area contributed by atoms with Crippen LogP contribution in [-0.2, 0) is 32.6 Å². The highest BCUT2D eigenvalue weighted by molar-refractivity contribution is 7.47. The topological polar surface area (TPSA) is 101 Å². The van der Waals surface area contributed by atoms with E-state index in [0.717, 1.165) is 12.8 Å². The molecule has 0 amide bonds. The Morgan fingerprint density at radius 1 is 0.725 bits per heavy atom. The van der Waals surface area contributed by atoms with E-state index in [1.54, 1.807) is 0 Å². The second kappa shape index (κ2) is 26.1. The van der Waals surface area contributed by atoms with E-state index in [1.807, 2.05) is 21.1 Å². The average Bonchev–Trinajstić information content (AvgIpc) is 2.89. The minimum atomic E-state index is -4.18. The van der Waals surface area contributed by atoms with Gasteiger partial charge in [-0.2, -0.15) is 0 Å². The molecular formula is C30H63NO8P+. The molecule has 1 N–H and O–H groups in total. The van der Waals surface area contributed by atoms with Crippen LogP contribution in [0.4, 0.5) is 0 Å². The molecule has 0 bridgehead atoms. The maximum Gasteiger partial charge on any atom is 0.472 e. The van der Waals surface area contributed by atoms with Gasteiger partial charge in [0.2, 0.25) is 0 Å². The summed E-state index contributed by atoms with van der Waals surface area (Å²) in [5.41, 5.74) is 0. The van der Waals surface area contributed by atoms with Crippen molar-refractivity contribution in [3.05, 3.63) is 0 Å². The number of unbranched alkanes of at least 4 members (excludes halogenated alkanes) is 14. The van der Waals surface area contributed by atoms with Crippen LogP contribution in [-0.4, -0.2) is 89.3 Å². The number of phosphoric acid groups is 1. The number of likely N-dealkylation sites (N-methyl/N-ethyl adjacent to an activating group) is 1. The zero-order valence-electron chi connectivity index (χ0n) is 26.5. The summed E-state index contributed by atoms with van der Waals surface area (Å²) in [6.45, 7) is 4.15. The predicted molar refractivity (Wildman–Crippen MR) is 161 cm³/mol. The molecular weight excluding hydrogens is 533 g/mol. The van der Waals surface area contributed by atoms with Crippen molar-refractivity contribution < 1.29 is 42.0 Å². The van der Waals surface area contributed by atoms with Crippen molar-refractivity contribution in [1.29, 1.82) is 0 Å². The van der Waals surface area contributed by atoms with Gasteiger partial charge >= 0.3 is 13.8 Å². The molecule has 0 heterocycles. The van der Waals surface area contributed by atoms with E-state index in [-0.39, 0.29) is 25.8 Å². The fraction of sp³-hybridized carbons (Fsp3) is 0.967. The van der Waals surface area contributed by atoms with E-state index in [1.165, 1.54) is 84.2 Å². The second-order valence-corrected chi connectivity index (χ2v) is 13.3. The van der Waals surface area contributed by atoms with Gasteiger partial charge in [-0.3, -0.25) is 13.8 Å². The maximum absolute atomic E-state index is 12.3. The Morgan fingerprint density at radius 3 is 1.77 bits per heavy atom. The Hall–Kier alpha value is -0.540. The number of carbonyl (C=O) groups is 1. The Morgan fingerprint density at radius 2 is 1.25 bits per heavy atom. The van der Waals surface area contributed by atoms with Crippen LogP contribution in [0.3, 0.4) is 0 Å². The first-order valence-corrected chi connectivity index (χ1v) is 17.3. The quantitative estimate of drug-likeness (QED) is 0.0407. The summed E-state index contributed by atoms with van der Waals surface area (Å²) in [5.74, 6) is -0.247. The van der Waals surface area contributed by atoms with E-state index < -0.39 is 13.9 Å². The van der Waals surface area contributed by atoms with Crippen LogP contribution < -0.4 is 0 Å². The summed E-state index contributed by atoms with van der Waals surface area (Å²) in [7, 11) is 3.13. The standard InChI is InChI=1S/C30H62NO8P/c1-6-7-8-9-10-11-12-13-14-15-16-17-18-20-24-36-27-29(37-25-21-19-22-30(32)35-5)28-39-40(33,34)38-26-23-31(2,3)4/h29H,6-28H2,1-5H3/p+1. The smallest absolute Gasteiger partial charge is 0.469 e. The number of esters is 1. The first-order chi connectivity index (χ1) is 19.1. The van der Waals surface area contributed by atoms with Crippen molar-refractivity contribution in [2.24, 2.45) is 0 Å². The van der Waals surface area contributed by atoms with Crippen LogP contribution in [0.15, 0.2) is 0 Å². The van der Waals surface area contributed by atoms with Gasteiger partial charge in [-0.1, -0.05) is 90.4 Å². The van der Waals surface area contributed by atoms with Crippen molar-refractivity contribution in [2.75, 3.05) is 67.8 Å². The monoisotopic (exact) mass is 596 g/mol. The summed E-state index contributed by atoms with van der Waals surface area (Å²) in [6, 6.07) is 0. The summed E-state index contributed by atoms with van der Waals surface area (Å²) < 4.78 is 39.5. The lowest BCUT2D eigenvalue weighted by atomic mass is 10.0. The molecule has 0 radical (unpaired) electrons. The molecule has 0 aliphatic carbocycles.